The number of carbonyl (C=O) groups is 2. The van der Waals surface area contributed by atoms with Crippen molar-refractivity contribution in [2.75, 3.05) is 20.2 Å². The van der Waals surface area contributed by atoms with Gasteiger partial charge in [-0.2, -0.15) is 4.31 Å². The molecule has 1 atom stereocenters. The van der Waals surface area contributed by atoms with Crippen molar-refractivity contribution < 1.29 is 32.8 Å². The summed E-state index contributed by atoms with van der Waals surface area (Å²) >= 11 is 0. The maximum Gasteiger partial charge on any atom is 0.322 e. The first kappa shape index (κ1) is 30.5. The maximum atomic E-state index is 13.3. The van der Waals surface area contributed by atoms with Gasteiger partial charge in [0.1, 0.15) is 11.8 Å². The molecule has 0 aromatic heterocycles. The molecule has 1 amide bonds. The van der Waals surface area contributed by atoms with Crippen molar-refractivity contribution in [1.82, 2.24) is 9.62 Å². The van der Waals surface area contributed by atoms with Crippen molar-refractivity contribution >= 4 is 33.7 Å². The number of carbonyl (C=O) groups excluding carboxylic acids is 1. The second-order valence-electron chi connectivity index (χ2n) is 8.97. The standard InChI is InChI=1S/C26H33N3O8S/c1-19(2)18-28(38(35,36)23-14-10-21(11-15-23)29(33)34)24(26(31)32)6-4-5-17-27-25(30)16-9-20-7-12-22(37-3)13-8-20/h7-16,19,24H,4-6,17-18H2,1-3H3,(H,27,30)(H,31,32)/t24-/m0/s1. The molecule has 0 radical (unpaired) electrons. The third-order valence-electron chi connectivity index (χ3n) is 5.58. The van der Waals surface area contributed by atoms with E-state index in [2.05, 4.69) is 5.32 Å². The van der Waals surface area contributed by atoms with Crippen LogP contribution in [0.25, 0.3) is 6.08 Å². The average Bonchev–Trinajstić information content (AvgIpc) is 2.88. The number of aliphatic carboxylic acids is 1. The molecule has 0 fully saturated rings. The third-order valence-corrected chi connectivity index (χ3v) is 7.47. The summed E-state index contributed by atoms with van der Waals surface area (Å²) in [6.45, 7) is 3.79. The van der Waals surface area contributed by atoms with Gasteiger partial charge < -0.3 is 15.2 Å². The number of benzene rings is 2. The zero-order valence-corrected chi connectivity index (χ0v) is 22.4. The fourth-order valence-corrected chi connectivity index (χ4v) is 5.41. The van der Waals surface area contributed by atoms with E-state index in [9.17, 15) is 33.2 Å². The van der Waals surface area contributed by atoms with Gasteiger partial charge in [0.2, 0.25) is 15.9 Å². The topological polar surface area (TPSA) is 156 Å². The molecule has 0 saturated carbocycles. The van der Waals surface area contributed by atoms with E-state index in [1.165, 1.54) is 6.08 Å². The Morgan fingerprint density at radius 3 is 2.26 bits per heavy atom. The Morgan fingerprint density at radius 1 is 1.11 bits per heavy atom. The second-order valence-corrected chi connectivity index (χ2v) is 10.9. The molecule has 0 aliphatic heterocycles. The number of rotatable bonds is 15. The van der Waals surface area contributed by atoms with E-state index in [4.69, 9.17) is 4.74 Å². The van der Waals surface area contributed by atoms with Crippen LogP contribution < -0.4 is 10.1 Å². The number of ether oxygens (including phenoxy) is 1. The number of carboxylic acids is 1. The number of carboxylic acid groups (broad SMARTS) is 1. The summed E-state index contributed by atoms with van der Waals surface area (Å²) in [5, 5.41) is 23.5. The number of sulfonamides is 1. The summed E-state index contributed by atoms with van der Waals surface area (Å²) in [4.78, 5) is 34.2. The van der Waals surface area contributed by atoms with E-state index in [-0.39, 0.29) is 41.9 Å². The number of unbranched alkanes of at least 4 members (excludes halogenated alkanes) is 1. The van der Waals surface area contributed by atoms with Crippen molar-refractivity contribution in [3.8, 4) is 5.75 Å². The van der Waals surface area contributed by atoms with Crippen LogP contribution in [-0.4, -0.2) is 60.9 Å². The van der Waals surface area contributed by atoms with Gasteiger partial charge in [0.15, 0.2) is 0 Å². The van der Waals surface area contributed by atoms with Crippen molar-refractivity contribution in [3.63, 3.8) is 0 Å². The monoisotopic (exact) mass is 547 g/mol. The molecule has 38 heavy (non-hydrogen) atoms. The molecule has 206 valence electrons. The number of hydrogen-bond donors (Lipinski definition) is 2. The highest BCUT2D eigenvalue weighted by atomic mass is 32.2. The largest absolute Gasteiger partial charge is 0.497 e. The Hall–Kier alpha value is -3.77. The highest BCUT2D eigenvalue weighted by molar-refractivity contribution is 7.89. The predicted octanol–water partition coefficient (Wildman–Crippen LogP) is 3.70. The zero-order valence-electron chi connectivity index (χ0n) is 21.6. The molecule has 0 bridgehead atoms. The Balaban J connectivity index is 1.99. The number of non-ortho nitro benzene ring substituents is 1. The number of nitrogens with zero attached hydrogens (tertiary/aromatic N) is 2. The summed E-state index contributed by atoms with van der Waals surface area (Å²) in [7, 11) is -2.67. The Labute approximate surface area is 222 Å². The number of nitrogens with one attached hydrogen (secondary N) is 1. The first-order valence-corrected chi connectivity index (χ1v) is 13.5. The van der Waals surface area contributed by atoms with Crippen LogP contribution in [0.2, 0.25) is 0 Å². The number of hydrogen-bond acceptors (Lipinski definition) is 7. The van der Waals surface area contributed by atoms with Gasteiger partial charge in [-0.3, -0.25) is 19.7 Å². The van der Waals surface area contributed by atoms with Gasteiger partial charge in [0, 0.05) is 31.3 Å². The summed E-state index contributed by atoms with van der Waals surface area (Å²) in [5.74, 6) is -1.05. The predicted molar refractivity (Wildman–Crippen MR) is 142 cm³/mol. The normalized spacial score (nSPS) is 12.6. The maximum absolute atomic E-state index is 13.3. The van der Waals surface area contributed by atoms with Crippen molar-refractivity contribution in [3.05, 3.63) is 70.3 Å². The first-order chi connectivity index (χ1) is 17.9. The number of methoxy groups -OCH3 is 1. The lowest BCUT2D eigenvalue weighted by Crippen LogP contribution is -2.46. The van der Waals surface area contributed by atoms with E-state index in [1.54, 1.807) is 39.2 Å². The Kier molecular flexibility index (Phi) is 11.4. The van der Waals surface area contributed by atoms with E-state index in [0.717, 1.165) is 34.1 Å². The van der Waals surface area contributed by atoms with Gasteiger partial charge in [-0.15, -0.1) is 0 Å². The minimum absolute atomic E-state index is 0.0336. The van der Waals surface area contributed by atoms with Crippen molar-refractivity contribution in [2.45, 2.75) is 44.0 Å². The molecular weight excluding hydrogens is 514 g/mol. The molecular formula is C26H33N3O8S. The van der Waals surface area contributed by atoms with Gasteiger partial charge in [-0.1, -0.05) is 26.0 Å². The molecule has 2 aromatic carbocycles. The lowest BCUT2D eigenvalue weighted by atomic mass is 10.1. The van der Waals surface area contributed by atoms with Crippen LogP contribution in [0.4, 0.5) is 5.69 Å². The van der Waals surface area contributed by atoms with Crippen LogP contribution in [-0.2, 0) is 19.6 Å². The van der Waals surface area contributed by atoms with Crippen LogP contribution in [0.3, 0.4) is 0 Å². The highest BCUT2D eigenvalue weighted by Crippen LogP contribution is 2.24. The fraction of sp³-hybridized carbons (Fsp3) is 0.385. The number of amides is 1. The van der Waals surface area contributed by atoms with Crippen LogP contribution in [0.1, 0.15) is 38.7 Å². The van der Waals surface area contributed by atoms with Crippen LogP contribution in [0.15, 0.2) is 59.5 Å². The van der Waals surface area contributed by atoms with Crippen LogP contribution in [0.5, 0.6) is 5.75 Å². The summed E-state index contributed by atoms with van der Waals surface area (Å²) in [6.07, 6.45) is 3.87. The minimum Gasteiger partial charge on any atom is -0.497 e. The molecule has 0 heterocycles. The minimum atomic E-state index is -4.23. The lowest BCUT2D eigenvalue weighted by Gasteiger charge is -2.29. The van der Waals surface area contributed by atoms with Gasteiger partial charge in [-0.25, -0.2) is 8.42 Å². The third kappa shape index (κ3) is 8.96. The molecule has 0 spiro atoms. The summed E-state index contributed by atoms with van der Waals surface area (Å²) in [6, 6.07) is 10.2. The van der Waals surface area contributed by atoms with Gasteiger partial charge >= 0.3 is 5.97 Å². The van der Waals surface area contributed by atoms with E-state index in [1.807, 2.05) is 12.1 Å². The summed E-state index contributed by atoms with van der Waals surface area (Å²) in [5.41, 5.74) is 0.555. The molecule has 2 N–H and O–H groups in total. The van der Waals surface area contributed by atoms with E-state index >= 15 is 0 Å². The smallest absolute Gasteiger partial charge is 0.322 e. The van der Waals surface area contributed by atoms with E-state index in [0.29, 0.717) is 18.6 Å². The lowest BCUT2D eigenvalue weighted by molar-refractivity contribution is -0.384. The van der Waals surface area contributed by atoms with Gasteiger partial charge in [0.25, 0.3) is 5.69 Å². The average molecular weight is 548 g/mol. The van der Waals surface area contributed by atoms with Crippen molar-refractivity contribution in [1.29, 1.82) is 0 Å². The van der Waals surface area contributed by atoms with Crippen molar-refractivity contribution in [2.24, 2.45) is 5.92 Å². The molecule has 12 heteroatoms. The fourth-order valence-electron chi connectivity index (χ4n) is 3.64. The SMILES string of the molecule is COc1ccc(C=CC(=O)NCCCC[C@@H](C(=O)O)N(CC(C)C)S(=O)(=O)c2ccc([N+](=O)[O-])cc2)cc1. The quantitative estimate of drug-likeness (QED) is 0.148. The first-order valence-electron chi connectivity index (χ1n) is 12.0. The van der Waals surface area contributed by atoms with E-state index < -0.39 is 27.0 Å². The molecule has 11 nitrogen and oxygen atoms in total. The molecule has 2 rings (SSSR count). The summed E-state index contributed by atoms with van der Waals surface area (Å²) < 4.78 is 32.7. The number of nitro groups is 1. The zero-order chi connectivity index (χ0) is 28.3. The van der Waals surface area contributed by atoms with Crippen LogP contribution in [0, 0.1) is 16.0 Å². The molecule has 2 aromatic rings. The second kappa shape index (κ2) is 14.2. The molecule has 0 aliphatic rings. The van der Waals surface area contributed by atoms with Crippen LogP contribution >= 0.6 is 0 Å². The van der Waals surface area contributed by atoms with Gasteiger partial charge in [-0.05, 0) is 61.1 Å². The Bertz CT molecular complexity index is 1230. The highest BCUT2D eigenvalue weighted by Gasteiger charge is 2.36. The van der Waals surface area contributed by atoms with Gasteiger partial charge in [0.05, 0.1) is 16.9 Å². The molecule has 0 aliphatic carbocycles. The molecule has 0 unspecified atom stereocenters. The molecule has 0 saturated heterocycles. The Morgan fingerprint density at radius 2 is 1.74 bits per heavy atom. The number of nitro benzene ring substituents is 1.